The lowest BCUT2D eigenvalue weighted by molar-refractivity contribution is -0.141. The summed E-state index contributed by atoms with van der Waals surface area (Å²) in [5.74, 6) is -3.10. The van der Waals surface area contributed by atoms with Crippen molar-refractivity contribution in [3.05, 3.63) is 46.9 Å². The Morgan fingerprint density at radius 2 is 1.85 bits per heavy atom. The second kappa shape index (κ2) is 9.66. The third-order valence-electron chi connectivity index (χ3n) is 6.85. The molecule has 3 N–H and O–H groups in total. The van der Waals surface area contributed by atoms with Gasteiger partial charge in [0, 0.05) is 46.8 Å². The Balaban J connectivity index is 1.71. The van der Waals surface area contributed by atoms with Gasteiger partial charge in [-0.2, -0.15) is 13.2 Å². The number of aromatic hydroxyl groups is 1. The lowest BCUT2D eigenvalue weighted by Gasteiger charge is -2.19. The maximum atomic E-state index is 13.8. The molecule has 4 aromatic rings. The van der Waals surface area contributed by atoms with E-state index < -0.39 is 46.5 Å². The number of methoxy groups -OCH3 is 3. The van der Waals surface area contributed by atoms with Gasteiger partial charge in [0.25, 0.3) is 5.91 Å². The third kappa shape index (κ3) is 3.99. The standard InChI is InChI=1S/C26H21ClF3N3O7/c1-38-16-4-10-8-31-13(5-12(10)21(39-2)22(16)40-3)24(35)33-9-11(7-27)17-14(33)6-15(34)20-18(17)19(25(36)37)23(32-20)26(28,29)30/h4-6,8,11,32,34H,7,9H2,1-3H3,(H,36,37)/t11-/m1/s1. The largest absolute Gasteiger partial charge is 0.506 e. The first kappa shape index (κ1) is 27.2. The van der Waals surface area contributed by atoms with E-state index in [1.54, 1.807) is 6.07 Å². The number of phenols is 1. The molecule has 0 unspecified atom stereocenters. The molecule has 1 aliphatic rings. The van der Waals surface area contributed by atoms with Crippen LogP contribution in [-0.2, 0) is 6.18 Å². The summed E-state index contributed by atoms with van der Waals surface area (Å²) < 4.78 is 57.4. The highest BCUT2D eigenvalue weighted by atomic mass is 35.5. The molecule has 1 atom stereocenters. The molecule has 0 saturated carbocycles. The van der Waals surface area contributed by atoms with Crippen LogP contribution in [0.5, 0.6) is 23.0 Å². The molecule has 10 nitrogen and oxygen atoms in total. The molecule has 0 saturated heterocycles. The van der Waals surface area contributed by atoms with Crippen LogP contribution in [0.3, 0.4) is 0 Å². The molecule has 210 valence electrons. The number of aromatic carboxylic acids is 1. The SMILES string of the molecule is COc1cc2cnc(C(=O)N3C[C@@H](CCl)c4c3cc(O)c3[nH]c(C(F)(F)F)c(C(=O)O)c43)cc2c(OC)c1OC. The van der Waals surface area contributed by atoms with Gasteiger partial charge in [-0.3, -0.25) is 9.78 Å². The quantitative estimate of drug-likeness (QED) is 0.267. The van der Waals surface area contributed by atoms with Crippen molar-refractivity contribution in [1.29, 1.82) is 0 Å². The number of benzene rings is 2. The number of carboxylic acids is 1. The maximum Gasteiger partial charge on any atom is 0.432 e. The molecule has 2 aromatic carbocycles. The Bertz CT molecular complexity index is 1700. The molecule has 0 fully saturated rings. The number of amides is 1. The molecular weight excluding hydrogens is 559 g/mol. The number of aromatic amines is 1. The number of nitrogens with zero attached hydrogens (tertiary/aromatic N) is 2. The number of fused-ring (bicyclic) bond motifs is 4. The van der Waals surface area contributed by atoms with Crippen molar-refractivity contribution in [3.8, 4) is 23.0 Å². The molecule has 0 radical (unpaired) electrons. The molecule has 1 aliphatic heterocycles. The Kier molecular flexibility index (Phi) is 6.57. The minimum Gasteiger partial charge on any atom is -0.506 e. The number of carboxylic acid groups (broad SMARTS) is 1. The number of H-pyrrole nitrogens is 1. The van der Waals surface area contributed by atoms with E-state index in [4.69, 9.17) is 25.8 Å². The van der Waals surface area contributed by atoms with E-state index in [2.05, 4.69) is 4.98 Å². The predicted octanol–water partition coefficient (Wildman–Crippen LogP) is 5.15. The summed E-state index contributed by atoms with van der Waals surface area (Å²) >= 11 is 6.16. The Labute approximate surface area is 228 Å². The average molecular weight is 580 g/mol. The minimum atomic E-state index is -5.05. The van der Waals surface area contributed by atoms with Gasteiger partial charge >= 0.3 is 12.1 Å². The van der Waals surface area contributed by atoms with Gasteiger partial charge in [0.05, 0.1) is 38.1 Å². The van der Waals surface area contributed by atoms with Crippen LogP contribution in [0.1, 0.15) is 38.0 Å². The summed E-state index contributed by atoms with van der Waals surface area (Å²) in [6.45, 7) is -0.0927. The molecule has 1 amide bonds. The van der Waals surface area contributed by atoms with Crippen LogP contribution in [0.25, 0.3) is 21.7 Å². The van der Waals surface area contributed by atoms with Crippen molar-refractivity contribution in [2.45, 2.75) is 12.1 Å². The fourth-order valence-electron chi connectivity index (χ4n) is 5.18. The highest BCUT2D eigenvalue weighted by Gasteiger charge is 2.43. The number of rotatable bonds is 6. The fraction of sp³-hybridized carbons (Fsp3) is 0.269. The van der Waals surface area contributed by atoms with E-state index in [0.29, 0.717) is 16.5 Å². The van der Waals surface area contributed by atoms with Crippen LogP contribution in [0.15, 0.2) is 24.4 Å². The molecule has 14 heteroatoms. The Morgan fingerprint density at radius 1 is 1.15 bits per heavy atom. The van der Waals surface area contributed by atoms with Gasteiger partial charge < -0.3 is 34.3 Å². The number of carbonyl (C=O) groups excluding carboxylic acids is 1. The molecule has 5 rings (SSSR count). The number of hydrogen-bond donors (Lipinski definition) is 3. The summed E-state index contributed by atoms with van der Waals surface area (Å²) in [4.78, 5) is 33.2. The number of phenolic OH excluding ortho intramolecular Hbond substituents is 1. The van der Waals surface area contributed by atoms with Crippen molar-refractivity contribution < 1.29 is 47.2 Å². The zero-order valence-electron chi connectivity index (χ0n) is 21.1. The number of carbonyl (C=O) groups is 2. The molecule has 0 bridgehead atoms. The smallest absolute Gasteiger partial charge is 0.432 e. The third-order valence-corrected chi connectivity index (χ3v) is 7.22. The number of nitrogens with one attached hydrogen (secondary N) is 1. The summed E-state index contributed by atoms with van der Waals surface area (Å²) in [5, 5.41) is 21.1. The summed E-state index contributed by atoms with van der Waals surface area (Å²) in [6, 6.07) is 4.23. The molecule has 0 spiro atoms. The van der Waals surface area contributed by atoms with E-state index in [1.807, 2.05) is 4.98 Å². The van der Waals surface area contributed by atoms with Crippen LogP contribution in [0, 0.1) is 0 Å². The van der Waals surface area contributed by atoms with Crippen LogP contribution in [-0.4, -0.2) is 65.8 Å². The summed E-state index contributed by atoms with van der Waals surface area (Å²) in [5.41, 5.74) is -2.93. The lowest BCUT2D eigenvalue weighted by atomic mass is 9.95. The zero-order valence-corrected chi connectivity index (χ0v) is 21.9. The van der Waals surface area contributed by atoms with Gasteiger partial charge in [-0.25, -0.2) is 4.79 Å². The predicted molar refractivity (Wildman–Crippen MR) is 138 cm³/mol. The topological polar surface area (TPSA) is 134 Å². The van der Waals surface area contributed by atoms with Gasteiger partial charge in [0.1, 0.15) is 17.1 Å². The average Bonchev–Trinajstić information content (AvgIpc) is 3.50. The van der Waals surface area contributed by atoms with Crippen molar-refractivity contribution in [2.75, 3.05) is 38.7 Å². The highest BCUT2D eigenvalue weighted by molar-refractivity contribution is 6.20. The van der Waals surface area contributed by atoms with Gasteiger partial charge in [0.15, 0.2) is 11.5 Å². The van der Waals surface area contributed by atoms with E-state index in [0.717, 1.165) is 6.07 Å². The number of ether oxygens (including phenoxy) is 3. The van der Waals surface area contributed by atoms with Crippen LogP contribution in [0.4, 0.5) is 18.9 Å². The first-order chi connectivity index (χ1) is 19.0. The summed E-state index contributed by atoms with van der Waals surface area (Å²) in [7, 11) is 4.30. The normalized spacial score (nSPS) is 15.0. The first-order valence-corrected chi connectivity index (χ1v) is 12.2. The number of hydrogen-bond acceptors (Lipinski definition) is 7. The van der Waals surface area contributed by atoms with Gasteiger partial charge in [0.2, 0.25) is 5.75 Å². The van der Waals surface area contributed by atoms with Gasteiger partial charge in [-0.05, 0) is 17.7 Å². The van der Waals surface area contributed by atoms with E-state index >= 15 is 0 Å². The van der Waals surface area contributed by atoms with Crippen molar-refractivity contribution in [2.24, 2.45) is 0 Å². The van der Waals surface area contributed by atoms with Crippen molar-refractivity contribution in [1.82, 2.24) is 9.97 Å². The first-order valence-electron chi connectivity index (χ1n) is 11.6. The maximum absolute atomic E-state index is 13.8. The zero-order chi connectivity index (χ0) is 29.1. The Hall–Kier alpha value is -4.39. The Morgan fingerprint density at radius 3 is 2.42 bits per heavy atom. The molecule has 2 aromatic heterocycles. The second-order valence-corrected chi connectivity index (χ2v) is 9.27. The van der Waals surface area contributed by atoms with Gasteiger partial charge in [-0.15, -0.1) is 11.6 Å². The number of pyridine rings is 1. The van der Waals surface area contributed by atoms with Crippen LogP contribution < -0.4 is 19.1 Å². The molecule has 3 heterocycles. The minimum absolute atomic E-state index is 0.0250. The molecule has 40 heavy (non-hydrogen) atoms. The number of halogens is 4. The van der Waals surface area contributed by atoms with Gasteiger partial charge in [-0.1, -0.05) is 0 Å². The fourth-order valence-corrected chi connectivity index (χ4v) is 5.43. The lowest BCUT2D eigenvalue weighted by Crippen LogP contribution is -2.30. The van der Waals surface area contributed by atoms with Crippen LogP contribution in [0.2, 0.25) is 0 Å². The monoisotopic (exact) mass is 579 g/mol. The second-order valence-electron chi connectivity index (χ2n) is 8.96. The highest BCUT2D eigenvalue weighted by Crippen LogP contribution is 2.49. The van der Waals surface area contributed by atoms with Crippen LogP contribution >= 0.6 is 11.6 Å². The van der Waals surface area contributed by atoms with E-state index in [9.17, 15) is 33.0 Å². The summed E-state index contributed by atoms with van der Waals surface area (Å²) in [6.07, 6.45) is -3.62. The van der Waals surface area contributed by atoms with E-state index in [1.165, 1.54) is 38.5 Å². The number of aromatic nitrogens is 2. The number of anilines is 1. The number of alkyl halides is 4. The van der Waals surface area contributed by atoms with Crippen molar-refractivity contribution >= 4 is 50.8 Å². The van der Waals surface area contributed by atoms with Crippen molar-refractivity contribution in [3.63, 3.8) is 0 Å². The van der Waals surface area contributed by atoms with E-state index in [-0.39, 0.29) is 46.3 Å². The molecule has 0 aliphatic carbocycles. The molecular formula is C26H21ClF3N3O7.